The number of carbonyl (C=O) groups excluding carboxylic acids is 1. The minimum atomic E-state index is -4.80. The maximum absolute atomic E-state index is 12.9. The Kier molecular flexibility index (Phi) is 2.96. The van der Waals surface area contributed by atoms with E-state index < -0.39 is 12.1 Å². The highest BCUT2D eigenvalue weighted by atomic mass is 19.4. The average Bonchev–Trinajstić information content (AvgIpc) is 3.17. The van der Waals surface area contributed by atoms with Crippen LogP contribution < -0.4 is 4.74 Å². The zero-order chi connectivity index (χ0) is 16.4. The molecule has 2 saturated heterocycles. The highest BCUT2D eigenvalue weighted by molar-refractivity contribution is 5.83. The Morgan fingerprint density at radius 3 is 2.87 bits per heavy atom. The van der Waals surface area contributed by atoms with Crippen molar-refractivity contribution in [3.8, 4) is 5.88 Å². The van der Waals surface area contributed by atoms with Crippen molar-refractivity contribution in [2.24, 2.45) is 0 Å². The molecule has 3 atom stereocenters. The van der Waals surface area contributed by atoms with E-state index in [-0.39, 0.29) is 17.5 Å². The van der Waals surface area contributed by atoms with Crippen molar-refractivity contribution in [2.75, 3.05) is 7.11 Å². The van der Waals surface area contributed by atoms with Gasteiger partial charge in [-0.25, -0.2) is 4.98 Å². The summed E-state index contributed by atoms with van der Waals surface area (Å²) in [4.78, 5) is 17.4. The number of hydrogen-bond acceptors (Lipinski definition) is 3. The van der Waals surface area contributed by atoms with E-state index in [1.54, 1.807) is 13.2 Å². The van der Waals surface area contributed by atoms with Gasteiger partial charge in [-0.15, -0.1) is 0 Å². The van der Waals surface area contributed by atoms with Gasteiger partial charge in [-0.1, -0.05) is 6.07 Å². The van der Waals surface area contributed by atoms with Gasteiger partial charge in [-0.2, -0.15) is 13.2 Å². The summed E-state index contributed by atoms with van der Waals surface area (Å²) in [6.45, 7) is 0. The van der Waals surface area contributed by atoms with Gasteiger partial charge >= 0.3 is 12.1 Å². The van der Waals surface area contributed by atoms with Crippen molar-refractivity contribution in [3.63, 3.8) is 0 Å². The van der Waals surface area contributed by atoms with Gasteiger partial charge in [0.1, 0.15) is 0 Å². The number of hydrogen-bond donors (Lipinski definition) is 0. The average molecular weight is 326 g/mol. The summed E-state index contributed by atoms with van der Waals surface area (Å²) in [5.74, 6) is -1.16. The molecule has 1 aromatic rings. The van der Waals surface area contributed by atoms with Crippen molar-refractivity contribution in [2.45, 2.75) is 55.8 Å². The fraction of sp³-hybridized carbons (Fsp3) is 0.625. The summed E-state index contributed by atoms with van der Waals surface area (Å²) in [5, 5.41) is 0. The quantitative estimate of drug-likeness (QED) is 0.797. The summed E-state index contributed by atoms with van der Waals surface area (Å²) >= 11 is 0. The summed E-state index contributed by atoms with van der Waals surface area (Å²) < 4.78 is 43.9. The molecule has 2 aliphatic heterocycles. The lowest BCUT2D eigenvalue weighted by Gasteiger charge is -2.34. The summed E-state index contributed by atoms with van der Waals surface area (Å²) in [7, 11) is 1.54. The number of alkyl halides is 3. The lowest BCUT2D eigenvalue weighted by Crippen LogP contribution is -2.47. The van der Waals surface area contributed by atoms with Crippen LogP contribution in [0.2, 0.25) is 0 Å². The molecule has 124 valence electrons. The molecule has 3 aliphatic rings. The summed E-state index contributed by atoms with van der Waals surface area (Å²) in [6, 6.07) is 3.01. The Hall–Kier alpha value is -1.79. The number of methoxy groups -OCH3 is 1. The molecule has 0 unspecified atom stereocenters. The third-order valence-electron chi connectivity index (χ3n) is 5.72. The SMILES string of the molecule is COc1ccc2c(n1)CC[C@]21C[C@@H]2CC[C@H]1N2C(=O)C(F)(F)F. The van der Waals surface area contributed by atoms with Gasteiger partial charge in [0, 0.05) is 29.3 Å². The lowest BCUT2D eigenvalue weighted by molar-refractivity contribution is -0.187. The van der Waals surface area contributed by atoms with E-state index in [9.17, 15) is 18.0 Å². The second kappa shape index (κ2) is 4.61. The molecule has 2 fully saturated rings. The zero-order valence-electron chi connectivity index (χ0n) is 12.7. The smallest absolute Gasteiger partial charge is 0.471 e. The Balaban J connectivity index is 1.72. The molecule has 0 N–H and O–H groups in total. The number of amides is 1. The van der Waals surface area contributed by atoms with Crippen molar-refractivity contribution in [1.29, 1.82) is 0 Å². The summed E-state index contributed by atoms with van der Waals surface area (Å²) in [5.41, 5.74) is 1.54. The lowest BCUT2D eigenvalue weighted by atomic mass is 9.70. The fourth-order valence-electron chi connectivity index (χ4n) is 4.91. The largest absolute Gasteiger partial charge is 0.481 e. The van der Waals surface area contributed by atoms with E-state index >= 15 is 0 Å². The number of aryl methyl sites for hydroxylation is 1. The van der Waals surface area contributed by atoms with Crippen LogP contribution in [-0.2, 0) is 16.6 Å². The van der Waals surface area contributed by atoms with Crippen molar-refractivity contribution in [1.82, 2.24) is 9.88 Å². The molecule has 1 amide bonds. The molecular weight excluding hydrogens is 309 g/mol. The molecule has 3 heterocycles. The van der Waals surface area contributed by atoms with Crippen molar-refractivity contribution in [3.05, 3.63) is 23.4 Å². The number of ether oxygens (including phenoxy) is 1. The predicted octanol–water partition coefficient (Wildman–Crippen LogP) is 2.60. The van der Waals surface area contributed by atoms with Gasteiger partial charge in [0.15, 0.2) is 0 Å². The predicted molar refractivity (Wildman–Crippen MR) is 75.1 cm³/mol. The Labute approximate surface area is 131 Å². The molecule has 0 radical (unpaired) electrons. The number of pyridine rings is 1. The van der Waals surface area contributed by atoms with Gasteiger partial charge in [0.05, 0.1) is 7.11 Å². The molecule has 1 aromatic heterocycles. The Morgan fingerprint density at radius 1 is 1.39 bits per heavy atom. The molecule has 1 spiro atoms. The van der Waals surface area contributed by atoms with E-state index in [1.807, 2.05) is 6.07 Å². The molecule has 4 nitrogen and oxygen atoms in total. The number of nitrogens with zero attached hydrogens (tertiary/aromatic N) is 2. The molecule has 2 bridgehead atoms. The highest BCUT2D eigenvalue weighted by Gasteiger charge is 2.63. The first kappa shape index (κ1) is 14.8. The van der Waals surface area contributed by atoms with Gasteiger partial charge in [0.25, 0.3) is 0 Å². The maximum Gasteiger partial charge on any atom is 0.471 e. The third kappa shape index (κ3) is 1.91. The molecule has 4 rings (SSSR count). The van der Waals surface area contributed by atoms with E-state index in [2.05, 4.69) is 4.98 Å². The minimum absolute atomic E-state index is 0.304. The second-order valence-corrected chi connectivity index (χ2v) is 6.67. The van der Waals surface area contributed by atoms with Crippen LogP contribution in [0.1, 0.15) is 36.9 Å². The molecule has 1 aliphatic carbocycles. The van der Waals surface area contributed by atoms with Crippen LogP contribution >= 0.6 is 0 Å². The van der Waals surface area contributed by atoms with Crippen molar-refractivity contribution < 1.29 is 22.7 Å². The number of carbonyl (C=O) groups is 1. The zero-order valence-corrected chi connectivity index (χ0v) is 12.7. The Bertz CT molecular complexity index is 676. The first-order chi connectivity index (χ1) is 10.9. The highest BCUT2D eigenvalue weighted by Crippen LogP contribution is 2.57. The number of halogens is 3. The van der Waals surface area contributed by atoms with Crippen LogP contribution in [-0.4, -0.2) is 41.2 Å². The Morgan fingerprint density at radius 2 is 2.17 bits per heavy atom. The first-order valence-corrected chi connectivity index (χ1v) is 7.81. The molecule has 23 heavy (non-hydrogen) atoms. The molecule has 7 heteroatoms. The van der Waals surface area contributed by atoms with E-state index in [4.69, 9.17) is 4.74 Å². The minimum Gasteiger partial charge on any atom is -0.481 e. The van der Waals surface area contributed by atoms with Crippen LogP contribution in [0, 0.1) is 0 Å². The van der Waals surface area contributed by atoms with Gasteiger partial charge in [0.2, 0.25) is 5.88 Å². The van der Waals surface area contributed by atoms with Crippen LogP contribution in [0.5, 0.6) is 5.88 Å². The van der Waals surface area contributed by atoms with Gasteiger partial charge in [-0.05, 0) is 37.7 Å². The standard InChI is InChI=1S/C16H17F3N2O2/c1-23-13-5-3-10-11(20-13)6-7-15(10)8-9-2-4-12(15)21(9)14(22)16(17,18)19/h3,5,9,12H,2,4,6-8H2,1H3/t9-,12+,15-/m0/s1. The summed E-state index contributed by atoms with van der Waals surface area (Å²) in [6.07, 6.45) is -1.41. The van der Waals surface area contributed by atoms with Gasteiger partial charge in [-0.3, -0.25) is 4.79 Å². The van der Waals surface area contributed by atoms with Crippen molar-refractivity contribution >= 4 is 5.91 Å². The van der Waals surface area contributed by atoms with E-state index in [0.29, 0.717) is 25.1 Å². The monoisotopic (exact) mass is 326 g/mol. The fourth-order valence-corrected chi connectivity index (χ4v) is 4.91. The van der Waals surface area contributed by atoms with Crippen LogP contribution in [0.3, 0.4) is 0 Å². The first-order valence-electron chi connectivity index (χ1n) is 7.81. The topological polar surface area (TPSA) is 42.4 Å². The van der Waals surface area contributed by atoms with Gasteiger partial charge < -0.3 is 9.64 Å². The van der Waals surface area contributed by atoms with Crippen LogP contribution in [0.4, 0.5) is 13.2 Å². The molecule has 0 saturated carbocycles. The van der Waals surface area contributed by atoms with E-state index in [0.717, 1.165) is 29.0 Å². The van der Waals surface area contributed by atoms with Crippen LogP contribution in [0.15, 0.2) is 12.1 Å². The number of aromatic nitrogens is 1. The number of fused-ring (bicyclic) bond motifs is 5. The van der Waals surface area contributed by atoms with Crippen LogP contribution in [0.25, 0.3) is 0 Å². The van der Waals surface area contributed by atoms with E-state index in [1.165, 1.54) is 0 Å². The maximum atomic E-state index is 12.9. The normalized spacial score (nSPS) is 31.7. The number of rotatable bonds is 1. The third-order valence-corrected chi connectivity index (χ3v) is 5.72. The second-order valence-electron chi connectivity index (χ2n) is 6.67. The molecule has 0 aromatic carbocycles. The molecular formula is C16H17F3N2O2.